The zero-order valence-corrected chi connectivity index (χ0v) is 15.0. The number of aromatic nitrogens is 2. The Morgan fingerprint density at radius 2 is 2.00 bits per heavy atom. The summed E-state index contributed by atoms with van der Waals surface area (Å²) in [6.45, 7) is 0. The molecule has 2 heterocycles. The van der Waals surface area contributed by atoms with Crippen LogP contribution in [0.25, 0.3) is 16.0 Å². The van der Waals surface area contributed by atoms with Crippen molar-refractivity contribution in [3.8, 4) is 11.4 Å². The second kappa shape index (κ2) is 6.79. The summed E-state index contributed by atoms with van der Waals surface area (Å²) < 4.78 is 18.7. The monoisotopic (exact) mass is 342 g/mol. The van der Waals surface area contributed by atoms with Gasteiger partial charge >= 0.3 is 35.5 Å². The van der Waals surface area contributed by atoms with E-state index in [1.165, 1.54) is 29.8 Å². The quantitative estimate of drug-likeness (QED) is 0.416. The van der Waals surface area contributed by atoms with Gasteiger partial charge in [-0.1, -0.05) is 5.75 Å². The SMILES string of the molecule is COC(=O)c1c([O-])c2ncsc2n(-c2ccc(F)cc2)c1=O.[Na+]. The van der Waals surface area contributed by atoms with Crippen LogP contribution >= 0.6 is 11.3 Å². The number of carbonyl (C=O) groups is 1. The van der Waals surface area contributed by atoms with Crippen LogP contribution in [-0.2, 0) is 4.74 Å². The Morgan fingerprint density at radius 3 is 2.61 bits per heavy atom. The molecule has 23 heavy (non-hydrogen) atoms. The molecule has 0 N–H and O–H groups in total. The van der Waals surface area contributed by atoms with Crippen molar-refractivity contribution in [3.63, 3.8) is 0 Å². The molecule has 6 nitrogen and oxygen atoms in total. The fourth-order valence-electron chi connectivity index (χ4n) is 2.08. The Hall–Kier alpha value is -1.74. The molecule has 2 aromatic heterocycles. The summed E-state index contributed by atoms with van der Waals surface area (Å²) in [7, 11) is 1.08. The minimum atomic E-state index is -1.03. The van der Waals surface area contributed by atoms with E-state index in [1.807, 2.05) is 0 Å². The molecule has 0 aliphatic carbocycles. The molecule has 0 saturated carbocycles. The van der Waals surface area contributed by atoms with E-state index in [0.717, 1.165) is 23.0 Å². The van der Waals surface area contributed by atoms with E-state index in [2.05, 4.69) is 9.72 Å². The van der Waals surface area contributed by atoms with E-state index in [1.54, 1.807) is 0 Å². The number of hydrogen-bond acceptors (Lipinski definition) is 6. The number of esters is 1. The number of ether oxygens (including phenoxy) is 1. The van der Waals surface area contributed by atoms with Gasteiger partial charge in [0.25, 0.3) is 5.56 Å². The fourth-order valence-corrected chi connectivity index (χ4v) is 2.89. The Bertz CT molecular complexity index is 936. The number of rotatable bonds is 2. The average molecular weight is 342 g/mol. The predicted molar refractivity (Wildman–Crippen MR) is 76.0 cm³/mol. The molecule has 0 amide bonds. The van der Waals surface area contributed by atoms with Crippen LogP contribution < -0.4 is 40.2 Å². The van der Waals surface area contributed by atoms with E-state index in [4.69, 9.17) is 0 Å². The smallest absolute Gasteiger partial charge is 0.870 e. The van der Waals surface area contributed by atoms with E-state index >= 15 is 0 Å². The summed E-state index contributed by atoms with van der Waals surface area (Å²) in [4.78, 5) is 28.5. The van der Waals surface area contributed by atoms with Crippen LogP contribution in [0.15, 0.2) is 34.6 Å². The van der Waals surface area contributed by atoms with Crippen molar-refractivity contribution in [1.29, 1.82) is 0 Å². The molecule has 1 aromatic carbocycles. The summed E-state index contributed by atoms with van der Waals surface area (Å²) >= 11 is 1.08. The molecule has 0 saturated heterocycles. The van der Waals surface area contributed by atoms with Crippen molar-refractivity contribution in [2.75, 3.05) is 7.11 Å². The van der Waals surface area contributed by atoms with Crippen LogP contribution in [0.5, 0.6) is 5.75 Å². The number of carbonyl (C=O) groups excluding carboxylic acids is 1. The number of halogens is 1. The summed E-state index contributed by atoms with van der Waals surface area (Å²) in [5, 5.41) is 12.2. The average Bonchev–Trinajstić information content (AvgIpc) is 2.98. The molecule has 0 bridgehead atoms. The first-order valence-corrected chi connectivity index (χ1v) is 6.96. The molecule has 0 aliphatic heterocycles. The minimum absolute atomic E-state index is 0. The van der Waals surface area contributed by atoms with Crippen molar-refractivity contribution >= 4 is 27.7 Å². The molecule has 0 fully saturated rings. The van der Waals surface area contributed by atoms with Gasteiger partial charge in [0.05, 0.1) is 23.8 Å². The molecule has 0 aliphatic rings. The van der Waals surface area contributed by atoms with E-state index < -0.39 is 28.7 Å². The molecule has 0 unspecified atom stereocenters. The number of hydrogen-bond donors (Lipinski definition) is 0. The van der Waals surface area contributed by atoms with Crippen molar-refractivity contribution in [2.45, 2.75) is 0 Å². The van der Waals surface area contributed by atoms with Crippen LogP contribution in [0.1, 0.15) is 10.4 Å². The topological polar surface area (TPSA) is 84.2 Å². The molecular formula is C14H8FN2NaO4S. The van der Waals surface area contributed by atoms with Gasteiger partial charge in [-0.25, -0.2) is 14.2 Å². The maximum Gasteiger partial charge on any atom is 1.00 e. The third kappa shape index (κ3) is 2.90. The van der Waals surface area contributed by atoms with Crippen molar-refractivity contribution in [2.24, 2.45) is 0 Å². The van der Waals surface area contributed by atoms with Gasteiger partial charge in [0.2, 0.25) is 0 Å². The second-order valence-corrected chi connectivity index (χ2v) is 5.15. The number of methoxy groups -OCH3 is 1. The van der Waals surface area contributed by atoms with Gasteiger partial charge in [0.1, 0.15) is 16.2 Å². The van der Waals surface area contributed by atoms with Gasteiger partial charge in [-0.3, -0.25) is 9.36 Å². The van der Waals surface area contributed by atoms with Crippen LogP contribution in [0.4, 0.5) is 4.39 Å². The molecule has 0 spiro atoms. The maximum absolute atomic E-state index is 13.1. The number of fused-ring (bicyclic) bond motifs is 1. The maximum atomic E-state index is 13.1. The van der Waals surface area contributed by atoms with Gasteiger partial charge < -0.3 is 9.84 Å². The number of nitrogens with zero attached hydrogens (tertiary/aromatic N) is 2. The van der Waals surface area contributed by atoms with E-state index in [9.17, 15) is 19.1 Å². The van der Waals surface area contributed by atoms with Gasteiger partial charge in [-0.2, -0.15) is 0 Å². The first-order valence-electron chi connectivity index (χ1n) is 6.08. The second-order valence-electron chi connectivity index (χ2n) is 4.32. The zero-order valence-electron chi connectivity index (χ0n) is 12.2. The largest absolute Gasteiger partial charge is 1.00 e. The standard InChI is InChI=1S/C14H9FN2O4S.Na/c1-21-14(20)9-11(18)10-13(22-6-16-10)17(12(9)19)8-4-2-7(15)3-5-8;/h2-6,18H,1H3;/q;+1/p-1. The third-order valence-electron chi connectivity index (χ3n) is 3.09. The Balaban J connectivity index is 0.00000192. The van der Waals surface area contributed by atoms with Gasteiger partial charge in [-0.05, 0) is 24.3 Å². The first-order chi connectivity index (χ1) is 10.5. The number of benzene rings is 1. The molecule has 112 valence electrons. The Kier molecular flexibility index (Phi) is 5.20. The molecular weight excluding hydrogens is 334 g/mol. The van der Waals surface area contributed by atoms with Crippen molar-refractivity contribution in [3.05, 3.63) is 51.5 Å². The van der Waals surface area contributed by atoms with Crippen LogP contribution in [0.2, 0.25) is 0 Å². The van der Waals surface area contributed by atoms with E-state index in [0.29, 0.717) is 5.69 Å². The number of thiazole rings is 1. The first kappa shape index (κ1) is 17.6. The van der Waals surface area contributed by atoms with Crippen molar-refractivity contribution in [1.82, 2.24) is 9.55 Å². The molecule has 9 heteroatoms. The fraction of sp³-hybridized carbons (Fsp3) is 0.0714. The van der Waals surface area contributed by atoms with Crippen molar-refractivity contribution < 1.29 is 48.6 Å². The molecule has 3 rings (SSSR count). The van der Waals surface area contributed by atoms with E-state index in [-0.39, 0.29) is 39.9 Å². The predicted octanol–water partition coefficient (Wildman–Crippen LogP) is -1.55. The van der Waals surface area contributed by atoms with Crippen LogP contribution in [-0.4, -0.2) is 22.6 Å². The normalized spacial score (nSPS) is 10.3. The van der Waals surface area contributed by atoms with Crippen LogP contribution in [0.3, 0.4) is 0 Å². The Labute approximate surface area is 155 Å². The molecule has 0 atom stereocenters. The van der Waals surface area contributed by atoms with Gasteiger partial charge in [0, 0.05) is 0 Å². The zero-order chi connectivity index (χ0) is 15.9. The van der Waals surface area contributed by atoms with Crippen LogP contribution in [0, 0.1) is 5.82 Å². The number of pyridine rings is 1. The molecule has 3 aromatic rings. The minimum Gasteiger partial charge on any atom is -0.870 e. The summed E-state index contributed by atoms with van der Waals surface area (Å²) in [6.07, 6.45) is 0. The van der Waals surface area contributed by atoms with Gasteiger partial charge in [0.15, 0.2) is 0 Å². The van der Waals surface area contributed by atoms with Gasteiger partial charge in [-0.15, -0.1) is 11.3 Å². The summed E-state index contributed by atoms with van der Waals surface area (Å²) in [5.41, 5.74) is 0.276. The summed E-state index contributed by atoms with van der Waals surface area (Å²) in [5.74, 6) is -2.27. The molecule has 0 radical (unpaired) electrons. The third-order valence-corrected chi connectivity index (χ3v) is 3.90. The summed E-state index contributed by atoms with van der Waals surface area (Å²) in [6, 6.07) is 5.11. The Morgan fingerprint density at radius 1 is 1.35 bits per heavy atom.